The lowest BCUT2D eigenvalue weighted by molar-refractivity contribution is 0.688. The molecule has 1 aliphatic heterocycles. The summed E-state index contributed by atoms with van der Waals surface area (Å²) in [6.45, 7) is 5.32. The first-order chi connectivity index (χ1) is 7.61. The van der Waals surface area contributed by atoms with Crippen molar-refractivity contribution in [2.75, 3.05) is 28.7 Å². The summed E-state index contributed by atoms with van der Waals surface area (Å²) < 4.78 is 1.03. The van der Waals surface area contributed by atoms with E-state index >= 15 is 0 Å². The van der Waals surface area contributed by atoms with Crippen LogP contribution in [-0.4, -0.2) is 29.1 Å². The Hall–Kier alpha value is -0.420. The van der Waals surface area contributed by atoms with Gasteiger partial charge in [-0.25, -0.2) is 4.98 Å². The molecule has 3 nitrogen and oxygen atoms in total. The first-order valence-corrected chi connectivity index (χ1v) is 7.31. The maximum absolute atomic E-state index is 5.84. The molecule has 0 radical (unpaired) electrons. The van der Waals surface area contributed by atoms with E-state index in [1.165, 1.54) is 5.75 Å². The summed E-state index contributed by atoms with van der Waals surface area (Å²) in [5.41, 5.74) is 7.66. The number of nitrogen functional groups attached to an aromatic ring is 1. The number of nitrogens with zero attached hydrogens (tertiary/aromatic N) is 2. The summed E-state index contributed by atoms with van der Waals surface area (Å²) in [5, 5.41) is 0. The summed E-state index contributed by atoms with van der Waals surface area (Å²) >= 11 is 5.61. The van der Waals surface area contributed by atoms with Gasteiger partial charge in [-0.15, -0.1) is 0 Å². The van der Waals surface area contributed by atoms with E-state index in [1.54, 1.807) is 6.20 Å². The van der Waals surface area contributed by atoms with E-state index in [9.17, 15) is 0 Å². The molecule has 88 valence electrons. The molecule has 0 aromatic carbocycles. The quantitative estimate of drug-likeness (QED) is 0.866. The van der Waals surface area contributed by atoms with Gasteiger partial charge in [0.05, 0.1) is 16.4 Å². The monoisotopic (exact) mass is 301 g/mol. The van der Waals surface area contributed by atoms with E-state index in [0.717, 1.165) is 33.8 Å². The van der Waals surface area contributed by atoms with Gasteiger partial charge in [0.2, 0.25) is 0 Å². The van der Waals surface area contributed by atoms with Gasteiger partial charge >= 0.3 is 0 Å². The van der Waals surface area contributed by atoms with Gasteiger partial charge in [0.25, 0.3) is 0 Å². The van der Waals surface area contributed by atoms with Crippen LogP contribution < -0.4 is 10.6 Å². The van der Waals surface area contributed by atoms with Crippen molar-refractivity contribution in [1.29, 1.82) is 0 Å². The van der Waals surface area contributed by atoms with Crippen molar-refractivity contribution in [3.63, 3.8) is 0 Å². The molecular weight excluding hydrogens is 286 g/mol. The number of nitrogens with two attached hydrogens (primary N) is 1. The fraction of sp³-hybridized carbons (Fsp3) is 0.545. The second kappa shape index (κ2) is 4.84. The minimum Gasteiger partial charge on any atom is -0.397 e. The molecule has 2 heterocycles. The number of rotatable bonds is 1. The molecule has 1 fully saturated rings. The van der Waals surface area contributed by atoms with E-state index in [-0.39, 0.29) is 0 Å². The van der Waals surface area contributed by atoms with Crippen molar-refractivity contribution < 1.29 is 0 Å². The first-order valence-electron chi connectivity index (χ1n) is 5.36. The van der Waals surface area contributed by atoms with Crippen molar-refractivity contribution in [3.8, 4) is 0 Å². The van der Waals surface area contributed by atoms with Gasteiger partial charge in [0.1, 0.15) is 5.82 Å². The lowest BCUT2D eigenvalue weighted by Crippen LogP contribution is -2.41. The van der Waals surface area contributed by atoms with Gasteiger partial charge < -0.3 is 10.6 Å². The van der Waals surface area contributed by atoms with Crippen molar-refractivity contribution in [3.05, 3.63) is 16.2 Å². The van der Waals surface area contributed by atoms with Crippen LogP contribution >= 0.6 is 27.7 Å². The van der Waals surface area contributed by atoms with Crippen LogP contribution in [0.25, 0.3) is 0 Å². The van der Waals surface area contributed by atoms with Crippen LogP contribution in [0.2, 0.25) is 0 Å². The molecule has 2 rings (SSSR count). The number of aromatic nitrogens is 1. The molecular formula is C11H16BrN3S. The number of anilines is 2. The number of thioether (sulfide) groups is 1. The number of hydrogen-bond acceptors (Lipinski definition) is 4. The third kappa shape index (κ3) is 2.15. The van der Waals surface area contributed by atoms with Crippen molar-refractivity contribution >= 4 is 39.2 Å². The van der Waals surface area contributed by atoms with Gasteiger partial charge in [-0.1, -0.05) is 0 Å². The van der Waals surface area contributed by atoms with Crippen molar-refractivity contribution in [2.24, 2.45) is 0 Å². The molecule has 1 aliphatic rings. The predicted octanol–water partition coefficient (Wildman–Crippen LogP) is 2.68. The van der Waals surface area contributed by atoms with Gasteiger partial charge in [-0.2, -0.15) is 11.8 Å². The Morgan fingerprint density at radius 3 is 3.06 bits per heavy atom. The molecule has 0 saturated carbocycles. The summed E-state index contributed by atoms with van der Waals surface area (Å²) in [6.07, 6.45) is 1.75. The smallest absolute Gasteiger partial charge is 0.143 e. The number of hydrogen-bond donors (Lipinski definition) is 1. The van der Waals surface area contributed by atoms with E-state index < -0.39 is 0 Å². The summed E-state index contributed by atoms with van der Waals surface area (Å²) in [5.74, 6) is 3.36. The third-order valence-corrected chi connectivity index (χ3v) is 5.06. The van der Waals surface area contributed by atoms with Crippen LogP contribution in [0.4, 0.5) is 11.5 Å². The maximum Gasteiger partial charge on any atom is 0.143 e. The largest absolute Gasteiger partial charge is 0.397 e. The molecule has 2 N–H and O–H groups in total. The molecule has 0 bridgehead atoms. The van der Waals surface area contributed by atoms with E-state index in [4.69, 9.17) is 5.73 Å². The highest BCUT2D eigenvalue weighted by molar-refractivity contribution is 9.10. The van der Waals surface area contributed by atoms with E-state index in [0.29, 0.717) is 6.04 Å². The fourth-order valence-corrected chi connectivity index (χ4v) is 3.39. The normalized spacial score (nSPS) is 21.2. The van der Waals surface area contributed by atoms with Crippen LogP contribution in [0.3, 0.4) is 0 Å². The maximum atomic E-state index is 5.84. The highest BCUT2D eigenvalue weighted by Gasteiger charge is 2.22. The van der Waals surface area contributed by atoms with E-state index in [1.807, 2.05) is 18.7 Å². The Labute approximate surface area is 109 Å². The zero-order valence-electron chi connectivity index (χ0n) is 9.53. The average Bonchev–Trinajstić information content (AvgIpc) is 2.28. The Kier molecular flexibility index (Phi) is 3.64. The Bertz CT molecular complexity index is 397. The highest BCUT2D eigenvalue weighted by Crippen LogP contribution is 2.33. The number of halogens is 1. The van der Waals surface area contributed by atoms with Crippen molar-refractivity contribution in [1.82, 2.24) is 4.98 Å². The highest BCUT2D eigenvalue weighted by atomic mass is 79.9. The Balaban J connectivity index is 2.36. The molecule has 5 heteroatoms. The van der Waals surface area contributed by atoms with Gasteiger partial charge in [-0.3, -0.25) is 0 Å². The van der Waals surface area contributed by atoms with Crippen LogP contribution in [0.15, 0.2) is 10.7 Å². The predicted molar refractivity (Wildman–Crippen MR) is 75.2 cm³/mol. The van der Waals surface area contributed by atoms with Gasteiger partial charge in [-0.05, 0) is 35.3 Å². The van der Waals surface area contributed by atoms with Crippen LogP contribution in [-0.2, 0) is 0 Å². The SMILES string of the molecule is Cc1c(N)cnc(N2CCSCC2C)c1Br. The average molecular weight is 302 g/mol. The first kappa shape index (κ1) is 12.0. The zero-order chi connectivity index (χ0) is 11.7. The lowest BCUT2D eigenvalue weighted by Gasteiger charge is -2.35. The number of pyridine rings is 1. The zero-order valence-corrected chi connectivity index (χ0v) is 11.9. The topological polar surface area (TPSA) is 42.1 Å². The molecule has 16 heavy (non-hydrogen) atoms. The summed E-state index contributed by atoms with van der Waals surface area (Å²) in [6, 6.07) is 0.533. The fourth-order valence-electron chi connectivity index (χ4n) is 1.82. The minimum absolute atomic E-state index is 0.533. The molecule has 1 atom stereocenters. The summed E-state index contributed by atoms with van der Waals surface area (Å²) in [7, 11) is 0. The molecule has 0 spiro atoms. The third-order valence-electron chi connectivity index (χ3n) is 2.92. The van der Waals surface area contributed by atoms with Crippen LogP contribution in [0, 0.1) is 6.92 Å². The van der Waals surface area contributed by atoms with Crippen LogP contribution in [0.5, 0.6) is 0 Å². The standard InChI is InChI=1S/C11H16BrN3S/c1-7-6-16-4-3-15(7)11-10(12)8(2)9(13)5-14-11/h5,7H,3-4,6,13H2,1-2H3. The van der Waals surface area contributed by atoms with Gasteiger partial charge in [0.15, 0.2) is 0 Å². The summed E-state index contributed by atoms with van der Waals surface area (Å²) in [4.78, 5) is 6.81. The molecule has 1 aromatic heterocycles. The van der Waals surface area contributed by atoms with Gasteiger partial charge in [0, 0.05) is 24.1 Å². The Morgan fingerprint density at radius 2 is 2.38 bits per heavy atom. The second-order valence-electron chi connectivity index (χ2n) is 4.09. The molecule has 1 saturated heterocycles. The molecule has 1 aromatic rings. The van der Waals surface area contributed by atoms with Crippen molar-refractivity contribution in [2.45, 2.75) is 19.9 Å². The molecule has 0 amide bonds. The second-order valence-corrected chi connectivity index (χ2v) is 6.04. The molecule has 1 unspecified atom stereocenters. The Morgan fingerprint density at radius 1 is 1.62 bits per heavy atom. The minimum atomic E-state index is 0.533. The van der Waals surface area contributed by atoms with Crippen LogP contribution in [0.1, 0.15) is 12.5 Å². The van der Waals surface area contributed by atoms with E-state index in [2.05, 4.69) is 32.7 Å². The molecule has 0 aliphatic carbocycles. The lowest BCUT2D eigenvalue weighted by atomic mass is 10.2.